The van der Waals surface area contributed by atoms with Gasteiger partial charge in [0.15, 0.2) is 0 Å². The fourth-order valence-corrected chi connectivity index (χ4v) is 0. The third-order valence-corrected chi connectivity index (χ3v) is 0. The monoisotopic (exact) mass is 175 g/mol. The molecule has 0 atom stereocenters. The summed E-state index contributed by atoms with van der Waals surface area (Å²) < 4.78 is 0. The van der Waals surface area contributed by atoms with E-state index in [0.29, 0.717) is 0 Å². The van der Waals surface area contributed by atoms with Gasteiger partial charge in [0.2, 0.25) is 0 Å². The number of rotatable bonds is 0. The Morgan fingerprint density at radius 2 is 0.400 bits per heavy atom. The maximum Gasteiger partial charge on any atom is 0 e. The van der Waals surface area contributed by atoms with Gasteiger partial charge >= 0.3 is 0 Å². The van der Waals surface area contributed by atoms with Gasteiger partial charge in [-0.1, -0.05) is 0 Å². The van der Waals surface area contributed by atoms with Gasteiger partial charge in [0.05, 0.1) is 0 Å². The molecule has 37 valence electrons. The Labute approximate surface area is 59.7 Å². The highest BCUT2D eigenvalue weighted by Gasteiger charge is 0.0000279. The van der Waals surface area contributed by atoms with Crippen LogP contribution in [0.25, 0.3) is 0 Å². The summed E-state index contributed by atoms with van der Waals surface area (Å²) in [4.78, 5) is 0. The molecule has 5 heavy (non-hydrogen) atoms. The predicted octanol–water partition coefficient (Wildman–Crippen LogP) is 2.55. The highest BCUT2D eigenvalue weighted by atomic mass is 35.5. The second-order valence-corrected chi connectivity index (χ2v) is 0. The first-order chi connectivity index (χ1) is 0. The molecule has 0 amide bonds. The molecule has 0 heterocycles. The Morgan fingerprint density at radius 3 is 0.400 bits per heavy atom. The zero-order valence-electron chi connectivity index (χ0n) is 2.08. The van der Waals surface area contributed by atoms with Crippen molar-refractivity contribution < 1.29 is 0 Å². The Kier molecular flexibility index (Phi) is 759. The van der Waals surface area contributed by atoms with Gasteiger partial charge in [-0.2, -0.15) is 0 Å². The first-order valence-corrected chi connectivity index (χ1v) is 0. The van der Waals surface area contributed by atoms with Gasteiger partial charge in [-0.15, -0.1) is 49.6 Å². The van der Waals surface area contributed by atoms with E-state index < -0.39 is 0 Å². The molecule has 0 N–H and O–H groups in total. The standard InChI is InChI=1S/4ClH.P/h4*1H;. The molecule has 0 rings (SSSR count). The summed E-state index contributed by atoms with van der Waals surface area (Å²) in [7, 11) is 0. The molecule has 3 radical (unpaired) electrons. The molecule has 0 fully saturated rings. The molecule has 0 aromatic heterocycles. The van der Waals surface area contributed by atoms with Crippen LogP contribution in [0.5, 0.6) is 0 Å². The Balaban J connectivity index is 0. The second kappa shape index (κ2) is 46.6. The zero-order chi connectivity index (χ0) is 0. The van der Waals surface area contributed by atoms with E-state index in [-0.39, 0.29) is 59.5 Å². The molecule has 0 unspecified atom stereocenters. The van der Waals surface area contributed by atoms with Crippen LogP contribution in [0.2, 0.25) is 0 Å². The number of halogens is 4. The predicted molar refractivity (Wildman–Crippen MR) is 35.9 cm³/mol. The lowest BCUT2D eigenvalue weighted by molar-refractivity contribution is 5.85. The molecule has 0 spiro atoms. The smallest absolute Gasteiger partial charge is 0 e. The van der Waals surface area contributed by atoms with Crippen LogP contribution in [-0.2, 0) is 0 Å². The Hall–Kier alpha value is 1.59. The van der Waals surface area contributed by atoms with Crippen LogP contribution >= 0.6 is 59.5 Å². The SMILES string of the molecule is Cl.Cl.Cl.Cl.[P]. The van der Waals surface area contributed by atoms with Crippen molar-refractivity contribution >= 4 is 59.5 Å². The topological polar surface area (TPSA) is 0 Å². The minimum atomic E-state index is 0. The van der Waals surface area contributed by atoms with E-state index >= 15 is 0 Å². The van der Waals surface area contributed by atoms with Crippen molar-refractivity contribution in [2.24, 2.45) is 0 Å². The van der Waals surface area contributed by atoms with Crippen LogP contribution in [0.3, 0.4) is 0 Å². The molecule has 0 bridgehead atoms. The van der Waals surface area contributed by atoms with Crippen molar-refractivity contribution in [3.05, 3.63) is 0 Å². The summed E-state index contributed by atoms with van der Waals surface area (Å²) in [6.07, 6.45) is 0. The maximum atomic E-state index is 0. The Bertz CT molecular complexity index is 3.61. The summed E-state index contributed by atoms with van der Waals surface area (Å²) >= 11 is 0. The fraction of sp³-hybridized carbons (Fsp3) is 0. The van der Waals surface area contributed by atoms with Crippen molar-refractivity contribution in [3.8, 4) is 0 Å². The van der Waals surface area contributed by atoms with Crippen molar-refractivity contribution in [3.63, 3.8) is 0 Å². The first-order valence-electron chi connectivity index (χ1n) is 0. The van der Waals surface area contributed by atoms with Crippen molar-refractivity contribution in [1.82, 2.24) is 0 Å². The van der Waals surface area contributed by atoms with Crippen molar-refractivity contribution in [2.45, 2.75) is 0 Å². The molecule has 0 aliphatic carbocycles. The minimum Gasteiger partial charge on any atom is -0.147 e. The summed E-state index contributed by atoms with van der Waals surface area (Å²) in [5, 5.41) is 0. The van der Waals surface area contributed by atoms with Gasteiger partial charge < -0.3 is 0 Å². The van der Waals surface area contributed by atoms with Gasteiger partial charge in [0.25, 0.3) is 0 Å². The molecular formula is H4Cl4P. The van der Waals surface area contributed by atoms with Crippen LogP contribution < -0.4 is 0 Å². The first kappa shape index (κ1) is 81.5. The maximum absolute atomic E-state index is 0. The van der Waals surface area contributed by atoms with Crippen LogP contribution in [0.15, 0.2) is 0 Å². The van der Waals surface area contributed by atoms with E-state index in [1.54, 1.807) is 0 Å². The number of hydrogen-bond acceptors (Lipinski definition) is 0. The molecule has 0 saturated heterocycles. The number of hydrogen-bond donors (Lipinski definition) is 0. The van der Waals surface area contributed by atoms with E-state index in [1.807, 2.05) is 0 Å². The van der Waals surface area contributed by atoms with Crippen LogP contribution in [0, 0.1) is 0 Å². The second-order valence-electron chi connectivity index (χ2n) is 0. The minimum absolute atomic E-state index is 0. The van der Waals surface area contributed by atoms with E-state index in [2.05, 4.69) is 0 Å². The molecule has 5 heteroatoms. The third kappa shape index (κ3) is 28.5. The highest BCUT2D eigenvalue weighted by Crippen LogP contribution is 0.861. The summed E-state index contributed by atoms with van der Waals surface area (Å²) in [5.41, 5.74) is 0. The summed E-state index contributed by atoms with van der Waals surface area (Å²) in [6, 6.07) is 0. The van der Waals surface area contributed by atoms with Crippen molar-refractivity contribution in [1.29, 1.82) is 0 Å². The third-order valence-electron chi connectivity index (χ3n) is 0. The van der Waals surface area contributed by atoms with Crippen LogP contribution in [0.1, 0.15) is 0 Å². The van der Waals surface area contributed by atoms with Crippen molar-refractivity contribution in [2.75, 3.05) is 0 Å². The fourth-order valence-electron chi connectivity index (χ4n) is 0. The molecule has 0 aromatic rings. The van der Waals surface area contributed by atoms with E-state index in [4.69, 9.17) is 0 Å². The molecule has 0 saturated carbocycles. The summed E-state index contributed by atoms with van der Waals surface area (Å²) in [5.74, 6) is 0. The summed E-state index contributed by atoms with van der Waals surface area (Å²) in [6.45, 7) is 0. The highest BCUT2D eigenvalue weighted by molar-refractivity contribution is 6.92. The average molecular weight is 177 g/mol. The lowest BCUT2D eigenvalue weighted by Crippen LogP contribution is 0.688. The van der Waals surface area contributed by atoms with Gasteiger partial charge in [-0.3, -0.25) is 0 Å². The van der Waals surface area contributed by atoms with E-state index in [9.17, 15) is 0 Å². The van der Waals surface area contributed by atoms with Gasteiger partial charge in [-0.05, 0) is 0 Å². The van der Waals surface area contributed by atoms with E-state index in [0.717, 1.165) is 0 Å². The molecule has 0 aliphatic heterocycles. The average Bonchev–Trinajstić information content (AvgIpc) is 0. The lowest BCUT2D eigenvalue weighted by atomic mass is 31.0. The lowest BCUT2D eigenvalue weighted by Gasteiger charge is -0.148. The van der Waals surface area contributed by atoms with Gasteiger partial charge in [0, 0.05) is 9.90 Å². The normalized spacial score (nSPS) is 0. The molecule has 0 aromatic carbocycles. The van der Waals surface area contributed by atoms with E-state index in [1.165, 1.54) is 0 Å². The van der Waals surface area contributed by atoms with Gasteiger partial charge in [0.1, 0.15) is 0 Å². The van der Waals surface area contributed by atoms with Gasteiger partial charge in [-0.25, -0.2) is 0 Å². The largest absolute Gasteiger partial charge is 0.147 e. The molecule has 0 nitrogen and oxygen atoms in total. The quantitative estimate of drug-likeness (QED) is 0.498. The Morgan fingerprint density at radius 1 is 0.400 bits per heavy atom. The van der Waals surface area contributed by atoms with Crippen LogP contribution in [0.4, 0.5) is 0 Å². The zero-order valence-corrected chi connectivity index (χ0v) is 6.24. The molecule has 0 aliphatic rings. The molecular weight excluding hydrogens is 173 g/mol. The van der Waals surface area contributed by atoms with Crippen LogP contribution in [-0.4, -0.2) is 0 Å².